The standard InChI is InChI=1S/C48H73N7O10/c1-3-4-27-36(45(61)53-37(44(50)60)30-34-23-17-15-18-24-34)52-47(63)43(33(2)56)55-42(59)29-22-14-12-10-8-6-5-7-9-11-13-21-28-41(58)51-38(32-40(49)57)46(62)54-39(48(64)65)31-35-25-19-16-20-26-35/h15-20,23-26,33,36-39,43,56H,3-14,21-22,27-32H2,1-2H3,(H2,49,57)(H2,50,60)(H,51,58)(H,52,63)(H,53,61)(H,54,62)(H,55,59)(H,64,65)/t33?,36-,37-,38-,39-,43-/m0/s1. The minimum Gasteiger partial charge on any atom is -0.480 e. The van der Waals surface area contributed by atoms with E-state index in [0.29, 0.717) is 31.2 Å². The number of carbonyl (C=O) groups is 8. The maximum atomic E-state index is 13.3. The number of hydrogen-bond acceptors (Lipinski definition) is 9. The predicted molar refractivity (Wildman–Crippen MR) is 246 cm³/mol. The van der Waals surface area contributed by atoms with Gasteiger partial charge in [0.15, 0.2) is 0 Å². The number of carboxylic acid groups (broad SMARTS) is 1. The summed E-state index contributed by atoms with van der Waals surface area (Å²) in [6, 6.07) is 12.1. The van der Waals surface area contributed by atoms with Crippen molar-refractivity contribution in [2.75, 3.05) is 0 Å². The molecule has 6 atom stereocenters. The van der Waals surface area contributed by atoms with Gasteiger partial charge < -0.3 is 48.3 Å². The van der Waals surface area contributed by atoms with Gasteiger partial charge in [0.1, 0.15) is 30.2 Å². The van der Waals surface area contributed by atoms with E-state index in [0.717, 1.165) is 76.2 Å². The number of primary amides is 2. The number of benzene rings is 2. The molecule has 0 fully saturated rings. The third-order valence-corrected chi connectivity index (χ3v) is 11.0. The van der Waals surface area contributed by atoms with E-state index in [1.54, 1.807) is 30.3 Å². The highest BCUT2D eigenvalue weighted by Gasteiger charge is 2.31. The number of nitrogens with one attached hydrogen (secondary N) is 5. The first-order valence-electron chi connectivity index (χ1n) is 23.2. The molecule has 360 valence electrons. The Kier molecular flexibility index (Phi) is 27.2. The van der Waals surface area contributed by atoms with Gasteiger partial charge in [0, 0.05) is 25.7 Å². The molecule has 11 N–H and O–H groups in total. The number of aliphatic hydroxyl groups excluding tert-OH is 1. The first-order valence-corrected chi connectivity index (χ1v) is 23.2. The number of amides is 7. The topological polar surface area (TPSA) is 289 Å². The van der Waals surface area contributed by atoms with Gasteiger partial charge in [0.25, 0.3) is 0 Å². The lowest BCUT2D eigenvalue weighted by Crippen LogP contribution is -2.58. The van der Waals surface area contributed by atoms with Crippen LogP contribution >= 0.6 is 0 Å². The highest BCUT2D eigenvalue weighted by molar-refractivity contribution is 5.95. The maximum absolute atomic E-state index is 13.3. The monoisotopic (exact) mass is 908 g/mol. The second-order valence-electron chi connectivity index (χ2n) is 16.8. The van der Waals surface area contributed by atoms with Crippen LogP contribution in [0.1, 0.15) is 141 Å². The number of carbonyl (C=O) groups excluding carboxylic acids is 7. The first kappa shape index (κ1) is 55.3. The zero-order valence-electron chi connectivity index (χ0n) is 38.2. The van der Waals surface area contributed by atoms with Gasteiger partial charge in [0.2, 0.25) is 41.4 Å². The summed E-state index contributed by atoms with van der Waals surface area (Å²) in [5.74, 6) is -5.61. The molecule has 0 heterocycles. The molecule has 0 aliphatic rings. The molecule has 0 saturated heterocycles. The molecule has 0 aliphatic carbocycles. The Hall–Kier alpha value is -5.84. The summed E-state index contributed by atoms with van der Waals surface area (Å²) in [7, 11) is 0. The first-order chi connectivity index (χ1) is 31.1. The zero-order valence-corrected chi connectivity index (χ0v) is 38.2. The molecule has 0 aliphatic heterocycles. The van der Waals surface area contributed by atoms with Gasteiger partial charge in [-0.1, -0.05) is 145 Å². The summed E-state index contributed by atoms with van der Waals surface area (Å²) >= 11 is 0. The van der Waals surface area contributed by atoms with Crippen LogP contribution in [0.3, 0.4) is 0 Å². The normalized spacial score (nSPS) is 13.8. The minimum atomic E-state index is -1.28. The van der Waals surface area contributed by atoms with Crippen LogP contribution in [0, 0.1) is 0 Å². The smallest absolute Gasteiger partial charge is 0.326 e. The fraction of sp³-hybridized carbons (Fsp3) is 0.583. The number of rotatable bonds is 35. The van der Waals surface area contributed by atoms with E-state index in [4.69, 9.17) is 11.5 Å². The van der Waals surface area contributed by atoms with Crippen LogP contribution in [0.25, 0.3) is 0 Å². The van der Waals surface area contributed by atoms with Gasteiger partial charge in [0.05, 0.1) is 12.5 Å². The largest absolute Gasteiger partial charge is 0.480 e. The summed E-state index contributed by atoms with van der Waals surface area (Å²) in [6.45, 7) is 3.33. The number of aliphatic hydroxyl groups is 1. The second kappa shape index (κ2) is 31.9. The molecule has 0 bridgehead atoms. The Labute approximate surface area is 383 Å². The van der Waals surface area contributed by atoms with E-state index in [1.807, 2.05) is 37.3 Å². The lowest BCUT2D eigenvalue weighted by atomic mass is 10.0. The highest BCUT2D eigenvalue weighted by atomic mass is 16.4. The predicted octanol–water partition coefficient (Wildman–Crippen LogP) is 3.37. The van der Waals surface area contributed by atoms with E-state index in [-0.39, 0.29) is 31.6 Å². The minimum absolute atomic E-state index is 0.0347. The van der Waals surface area contributed by atoms with Gasteiger partial charge in [-0.2, -0.15) is 0 Å². The van der Waals surface area contributed by atoms with Crippen molar-refractivity contribution < 1.29 is 48.6 Å². The number of hydrogen-bond donors (Lipinski definition) is 9. The molecule has 2 rings (SSSR count). The van der Waals surface area contributed by atoms with Crippen molar-refractivity contribution >= 4 is 47.3 Å². The molecule has 65 heavy (non-hydrogen) atoms. The van der Waals surface area contributed by atoms with Gasteiger partial charge in [-0.3, -0.25) is 33.6 Å². The third kappa shape index (κ3) is 24.1. The Morgan fingerprint density at radius 1 is 0.523 bits per heavy atom. The van der Waals surface area contributed by atoms with Gasteiger partial charge >= 0.3 is 5.97 Å². The third-order valence-electron chi connectivity index (χ3n) is 11.0. The fourth-order valence-electron chi connectivity index (χ4n) is 7.27. The Bertz CT molecular complexity index is 1780. The van der Waals surface area contributed by atoms with E-state index in [1.165, 1.54) is 6.92 Å². The Morgan fingerprint density at radius 3 is 1.37 bits per heavy atom. The Balaban J connectivity index is 1.61. The summed E-state index contributed by atoms with van der Waals surface area (Å²) in [5.41, 5.74) is 12.4. The molecule has 0 spiro atoms. The van der Waals surface area contributed by atoms with Crippen molar-refractivity contribution in [3.63, 3.8) is 0 Å². The quantitative estimate of drug-likeness (QED) is 0.0455. The lowest BCUT2D eigenvalue weighted by molar-refractivity contribution is -0.142. The van der Waals surface area contributed by atoms with Crippen LogP contribution in [-0.4, -0.2) is 93.8 Å². The molecule has 7 amide bonds. The zero-order chi connectivity index (χ0) is 48.0. The van der Waals surface area contributed by atoms with Gasteiger partial charge in [-0.05, 0) is 37.3 Å². The van der Waals surface area contributed by atoms with Crippen molar-refractivity contribution in [2.24, 2.45) is 11.5 Å². The highest BCUT2D eigenvalue weighted by Crippen LogP contribution is 2.14. The van der Waals surface area contributed by atoms with Crippen molar-refractivity contribution in [1.29, 1.82) is 0 Å². The molecule has 2 aromatic rings. The van der Waals surface area contributed by atoms with Crippen molar-refractivity contribution in [3.8, 4) is 0 Å². The summed E-state index contributed by atoms with van der Waals surface area (Å²) in [5, 5.41) is 32.9. The number of carboxylic acids is 1. The number of aliphatic carboxylic acids is 1. The summed E-state index contributed by atoms with van der Waals surface area (Å²) in [4.78, 5) is 100. The molecular weight excluding hydrogens is 835 g/mol. The van der Waals surface area contributed by atoms with Crippen molar-refractivity contribution in [3.05, 3.63) is 71.8 Å². The number of nitrogens with two attached hydrogens (primary N) is 2. The second-order valence-corrected chi connectivity index (χ2v) is 16.8. The maximum Gasteiger partial charge on any atom is 0.326 e. The van der Waals surface area contributed by atoms with E-state index < -0.39 is 84.1 Å². The van der Waals surface area contributed by atoms with Crippen LogP contribution in [0.2, 0.25) is 0 Å². The lowest BCUT2D eigenvalue weighted by Gasteiger charge is -2.26. The molecule has 2 aromatic carbocycles. The molecule has 17 nitrogen and oxygen atoms in total. The van der Waals surface area contributed by atoms with Gasteiger partial charge in [-0.25, -0.2) is 4.79 Å². The van der Waals surface area contributed by atoms with E-state index in [9.17, 15) is 48.6 Å². The fourth-order valence-corrected chi connectivity index (χ4v) is 7.27. The van der Waals surface area contributed by atoms with Crippen molar-refractivity contribution in [2.45, 2.75) is 179 Å². The molecule has 0 saturated carbocycles. The van der Waals surface area contributed by atoms with Crippen LogP contribution in [0.15, 0.2) is 60.7 Å². The molecule has 0 aromatic heterocycles. The van der Waals surface area contributed by atoms with Gasteiger partial charge in [-0.15, -0.1) is 0 Å². The van der Waals surface area contributed by atoms with Crippen LogP contribution in [-0.2, 0) is 51.2 Å². The number of unbranched alkanes of at least 4 members (excludes halogenated alkanes) is 12. The van der Waals surface area contributed by atoms with Crippen LogP contribution in [0.5, 0.6) is 0 Å². The summed E-state index contributed by atoms with van der Waals surface area (Å²) < 4.78 is 0. The average molecular weight is 908 g/mol. The van der Waals surface area contributed by atoms with Crippen LogP contribution in [0.4, 0.5) is 0 Å². The molecule has 0 radical (unpaired) electrons. The SMILES string of the molecule is CCCC[C@H](NC(=O)[C@@H](NC(=O)CCCCCCCCCCCCCCC(=O)N[C@@H](CC(N)=O)C(=O)N[C@@H](Cc1ccccc1)C(=O)O)C(C)O)C(=O)N[C@@H](Cc1ccccc1)C(N)=O. The molecular formula is C48H73N7O10. The van der Waals surface area contributed by atoms with Crippen molar-refractivity contribution in [1.82, 2.24) is 26.6 Å². The molecule has 1 unspecified atom stereocenters. The van der Waals surface area contributed by atoms with Crippen LogP contribution < -0.4 is 38.1 Å². The summed E-state index contributed by atoms with van der Waals surface area (Å²) in [6.07, 6.45) is 11.6. The Morgan fingerprint density at radius 2 is 0.938 bits per heavy atom. The van der Waals surface area contributed by atoms with E-state index >= 15 is 0 Å². The molecule has 17 heteroatoms. The van der Waals surface area contributed by atoms with E-state index in [2.05, 4.69) is 26.6 Å². The average Bonchev–Trinajstić information content (AvgIpc) is 3.26.